The molecular weight excluding hydrogens is 356 g/mol. The number of nitrogens with one attached hydrogen (secondary N) is 2. The van der Waals surface area contributed by atoms with E-state index in [0.29, 0.717) is 12.1 Å². The average Bonchev–Trinajstić information content (AvgIpc) is 3.37. The van der Waals surface area contributed by atoms with E-state index in [-0.39, 0.29) is 0 Å². The van der Waals surface area contributed by atoms with E-state index < -0.39 is 0 Å². The van der Waals surface area contributed by atoms with Gasteiger partial charge in [-0.05, 0) is 26.2 Å². The first-order chi connectivity index (χ1) is 13.2. The maximum absolute atomic E-state index is 4.50. The number of aromatic amines is 1. The second-order valence-electron chi connectivity index (χ2n) is 7.10. The molecule has 0 radical (unpaired) electrons. The highest BCUT2D eigenvalue weighted by Gasteiger charge is 2.24. The summed E-state index contributed by atoms with van der Waals surface area (Å²) in [5, 5.41) is 14.6. The van der Waals surface area contributed by atoms with Crippen molar-refractivity contribution in [3.8, 4) is 10.6 Å². The van der Waals surface area contributed by atoms with Gasteiger partial charge >= 0.3 is 0 Å². The van der Waals surface area contributed by atoms with E-state index in [1.165, 1.54) is 0 Å². The van der Waals surface area contributed by atoms with Crippen molar-refractivity contribution >= 4 is 16.5 Å². The number of benzene rings is 1. The van der Waals surface area contributed by atoms with E-state index in [9.17, 15) is 0 Å². The molecule has 3 heterocycles. The Hall–Kier alpha value is -2.25. The molecule has 1 aliphatic heterocycles. The Bertz CT molecular complexity index is 850. The molecule has 0 bridgehead atoms. The molecule has 1 unspecified atom stereocenters. The Balaban J connectivity index is 1.34. The third kappa shape index (κ3) is 4.20. The zero-order valence-electron chi connectivity index (χ0n) is 15.9. The molecule has 0 amide bonds. The molecule has 1 fully saturated rings. The minimum Gasteiger partial charge on any atom is -0.347 e. The van der Waals surface area contributed by atoms with Crippen LogP contribution >= 0.6 is 11.3 Å². The zero-order valence-corrected chi connectivity index (χ0v) is 16.7. The van der Waals surface area contributed by atoms with Gasteiger partial charge in [0.1, 0.15) is 10.8 Å². The van der Waals surface area contributed by atoms with Crippen LogP contribution < -0.4 is 10.2 Å². The highest BCUT2D eigenvalue weighted by atomic mass is 32.1. The van der Waals surface area contributed by atoms with Crippen LogP contribution in [0.1, 0.15) is 43.7 Å². The Morgan fingerprint density at radius 2 is 2.00 bits per heavy atom. The van der Waals surface area contributed by atoms with Gasteiger partial charge in [-0.2, -0.15) is 0 Å². The number of imidazole rings is 1. The molecule has 1 atom stereocenters. The number of aryl methyl sites for hydroxylation is 1. The van der Waals surface area contributed by atoms with Crippen LogP contribution in [0.2, 0.25) is 0 Å². The molecular formula is C20H26N6S. The topological polar surface area (TPSA) is 69.7 Å². The molecule has 27 heavy (non-hydrogen) atoms. The highest BCUT2D eigenvalue weighted by molar-refractivity contribution is 7.18. The van der Waals surface area contributed by atoms with Gasteiger partial charge in [0.25, 0.3) is 0 Å². The number of anilines is 1. The minimum absolute atomic E-state index is 0.293. The fourth-order valence-corrected chi connectivity index (χ4v) is 4.46. The molecule has 4 rings (SSSR count). The fraction of sp³-hybridized carbons (Fsp3) is 0.450. The molecule has 1 saturated heterocycles. The minimum atomic E-state index is 0.293. The van der Waals surface area contributed by atoms with Crippen molar-refractivity contribution in [2.45, 2.75) is 45.2 Å². The van der Waals surface area contributed by atoms with Gasteiger partial charge in [-0.3, -0.25) is 0 Å². The number of nitrogens with zero attached hydrogens (tertiary/aromatic N) is 4. The molecule has 0 aliphatic carbocycles. The van der Waals surface area contributed by atoms with Crippen LogP contribution in [-0.2, 0) is 0 Å². The lowest BCUT2D eigenvalue weighted by Crippen LogP contribution is -2.43. The molecule has 0 spiro atoms. The number of hydrogen-bond donors (Lipinski definition) is 2. The summed E-state index contributed by atoms with van der Waals surface area (Å²) in [6, 6.07) is 11.1. The maximum Gasteiger partial charge on any atom is 0.208 e. The van der Waals surface area contributed by atoms with Crippen molar-refractivity contribution < 1.29 is 0 Å². The molecule has 2 aromatic heterocycles. The van der Waals surface area contributed by atoms with Gasteiger partial charge in [-0.15, -0.1) is 10.2 Å². The summed E-state index contributed by atoms with van der Waals surface area (Å²) in [4.78, 5) is 10.2. The van der Waals surface area contributed by atoms with Crippen LogP contribution in [0, 0.1) is 6.92 Å². The first kappa shape index (κ1) is 18.1. The molecule has 2 N–H and O–H groups in total. The molecule has 1 aliphatic rings. The zero-order chi connectivity index (χ0) is 18.6. The number of aromatic nitrogens is 4. The van der Waals surface area contributed by atoms with Crippen LogP contribution in [0.15, 0.2) is 36.5 Å². The molecule has 7 heteroatoms. The maximum atomic E-state index is 4.50. The van der Waals surface area contributed by atoms with E-state index in [0.717, 1.165) is 59.6 Å². The van der Waals surface area contributed by atoms with Crippen molar-refractivity contribution in [1.29, 1.82) is 0 Å². The first-order valence-electron chi connectivity index (χ1n) is 9.64. The summed E-state index contributed by atoms with van der Waals surface area (Å²) in [6.45, 7) is 6.27. The summed E-state index contributed by atoms with van der Waals surface area (Å²) >= 11 is 1.68. The van der Waals surface area contributed by atoms with E-state index in [1.54, 1.807) is 11.3 Å². The number of hydrogen-bond acceptors (Lipinski definition) is 6. The molecule has 6 nitrogen and oxygen atoms in total. The van der Waals surface area contributed by atoms with Gasteiger partial charge in [0.2, 0.25) is 5.13 Å². The van der Waals surface area contributed by atoms with Crippen molar-refractivity contribution in [2.24, 2.45) is 0 Å². The lowest BCUT2D eigenvalue weighted by atomic mass is 10.0. The second-order valence-corrected chi connectivity index (χ2v) is 8.05. The van der Waals surface area contributed by atoms with Crippen LogP contribution in [0.3, 0.4) is 0 Å². The van der Waals surface area contributed by atoms with E-state index in [4.69, 9.17) is 0 Å². The standard InChI is InChI=1S/C20H26N6S/c1-3-17(18-21-13-14(2)22-18)23-16-9-11-26(12-10-16)20-25-24-19(27-20)15-7-5-4-6-8-15/h4-8,13,16-17,23H,3,9-12H2,1-2H3,(H,21,22). The summed E-state index contributed by atoms with van der Waals surface area (Å²) in [7, 11) is 0. The van der Waals surface area contributed by atoms with Crippen molar-refractivity contribution in [3.05, 3.63) is 48.0 Å². The Kier molecular flexibility index (Phi) is 5.50. The van der Waals surface area contributed by atoms with Gasteiger partial charge in [-0.25, -0.2) is 4.98 Å². The number of piperidine rings is 1. The number of rotatable bonds is 6. The van der Waals surface area contributed by atoms with E-state index in [1.807, 2.05) is 31.3 Å². The summed E-state index contributed by atoms with van der Waals surface area (Å²) in [5.41, 5.74) is 2.25. The molecule has 0 saturated carbocycles. The average molecular weight is 383 g/mol. The largest absolute Gasteiger partial charge is 0.347 e. The summed E-state index contributed by atoms with van der Waals surface area (Å²) in [6.07, 6.45) is 5.15. The van der Waals surface area contributed by atoms with E-state index in [2.05, 4.69) is 49.4 Å². The van der Waals surface area contributed by atoms with Gasteiger partial charge in [0, 0.05) is 36.6 Å². The van der Waals surface area contributed by atoms with Gasteiger partial charge in [0.15, 0.2) is 0 Å². The molecule has 1 aromatic carbocycles. The monoisotopic (exact) mass is 382 g/mol. The molecule has 142 valence electrons. The summed E-state index contributed by atoms with van der Waals surface area (Å²) in [5.74, 6) is 1.05. The van der Waals surface area contributed by atoms with Gasteiger partial charge in [0.05, 0.1) is 6.04 Å². The lowest BCUT2D eigenvalue weighted by Gasteiger charge is -2.33. The smallest absolute Gasteiger partial charge is 0.208 e. The van der Waals surface area contributed by atoms with Crippen molar-refractivity contribution in [2.75, 3.05) is 18.0 Å². The first-order valence-corrected chi connectivity index (χ1v) is 10.5. The normalized spacial score (nSPS) is 16.6. The summed E-state index contributed by atoms with van der Waals surface area (Å²) < 4.78 is 0. The predicted molar refractivity (Wildman–Crippen MR) is 110 cm³/mol. The van der Waals surface area contributed by atoms with Crippen molar-refractivity contribution in [1.82, 2.24) is 25.5 Å². The van der Waals surface area contributed by atoms with Crippen LogP contribution in [0.4, 0.5) is 5.13 Å². The molecule has 3 aromatic rings. The fourth-order valence-electron chi connectivity index (χ4n) is 3.56. The Morgan fingerprint density at radius 1 is 1.22 bits per heavy atom. The second kappa shape index (κ2) is 8.19. The van der Waals surface area contributed by atoms with Crippen LogP contribution in [0.5, 0.6) is 0 Å². The van der Waals surface area contributed by atoms with Gasteiger partial charge < -0.3 is 15.2 Å². The lowest BCUT2D eigenvalue weighted by molar-refractivity contribution is 0.357. The van der Waals surface area contributed by atoms with Crippen LogP contribution in [0.25, 0.3) is 10.6 Å². The van der Waals surface area contributed by atoms with Gasteiger partial charge in [-0.1, -0.05) is 48.6 Å². The predicted octanol–water partition coefficient (Wildman–Crippen LogP) is 3.95. The Morgan fingerprint density at radius 3 is 2.67 bits per heavy atom. The van der Waals surface area contributed by atoms with Crippen LogP contribution in [-0.4, -0.2) is 39.3 Å². The number of H-pyrrole nitrogens is 1. The van der Waals surface area contributed by atoms with E-state index >= 15 is 0 Å². The SMILES string of the molecule is CCC(NC1CCN(c2nnc(-c3ccccc3)s2)CC1)c1ncc(C)[nH]1. The third-order valence-corrected chi connectivity index (χ3v) is 6.13. The van der Waals surface area contributed by atoms with Crippen molar-refractivity contribution in [3.63, 3.8) is 0 Å². The third-order valence-electron chi connectivity index (χ3n) is 5.10. The quantitative estimate of drug-likeness (QED) is 0.676. The Labute approximate surface area is 164 Å². The highest BCUT2D eigenvalue weighted by Crippen LogP contribution is 2.30.